The second kappa shape index (κ2) is 10.6. The Labute approximate surface area is 182 Å². The molecule has 0 aromatic heterocycles. The molecule has 0 atom stereocenters. The molecule has 0 aliphatic carbocycles. The van der Waals surface area contributed by atoms with Crippen LogP contribution < -0.4 is 15.4 Å². The highest BCUT2D eigenvalue weighted by Crippen LogP contribution is 2.26. The lowest BCUT2D eigenvalue weighted by Gasteiger charge is -2.17. The van der Waals surface area contributed by atoms with Crippen molar-refractivity contribution < 1.29 is 23.9 Å². The molecule has 2 aromatic rings. The van der Waals surface area contributed by atoms with E-state index < -0.39 is 5.97 Å². The van der Waals surface area contributed by atoms with Gasteiger partial charge in [0.25, 0.3) is 5.91 Å². The number of esters is 1. The van der Waals surface area contributed by atoms with E-state index in [4.69, 9.17) is 9.47 Å². The Morgan fingerprint density at radius 2 is 1.84 bits per heavy atom. The molecule has 0 saturated heterocycles. The number of anilines is 1. The van der Waals surface area contributed by atoms with Gasteiger partial charge in [0.05, 0.1) is 0 Å². The summed E-state index contributed by atoms with van der Waals surface area (Å²) in [4.78, 5) is 35.1. The molecule has 164 valence electrons. The van der Waals surface area contributed by atoms with Crippen molar-refractivity contribution >= 4 is 23.5 Å². The fourth-order valence-corrected chi connectivity index (χ4v) is 3.25. The highest BCUT2D eigenvalue weighted by molar-refractivity contribution is 5.94. The number of carbonyl (C=O) groups is 3. The summed E-state index contributed by atoms with van der Waals surface area (Å²) in [5, 5.41) is 5.53. The number of hydrogen-bond acceptors (Lipinski definition) is 5. The first-order chi connectivity index (χ1) is 14.9. The summed E-state index contributed by atoms with van der Waals surface area (Å²) in [6.07, 6.45) is 1.77. The Hall–Kier alpha value is -3.35. The molecule has 0 fully saturated rings. The van der Waals surface area contributed by atoms with Crippen molar-refractivity contribution in [3.63, 3.8) is 0 Å². The Morgan fingerprint density at radius 3 is 2.58 bits per heavy atom. The molecule has 7 nitrogen and oxygen atoms in total. The Bertz CT molecular complexity index is 937. The number of rotatable bonds is 9. The van der Waals surface area contributed by atoms with Crippen molar-refractivity contribution in [3.8, 4) is 5.75 Å². The normalized spacial score (nSPS) is 12.7. The quantitative estimate of drug-likeness (QED) is 0.604. The van der Waals surface area contributed by atoms with Gasteiger partial charge in [-0.2, -0.15) is 0 Å². The molecular weight excluding hydrogens is 396 g/mol. The van der Waals surface area contributed by atoms with Gasteiger partial charge in [0.15, 0.2) is 13.2 Å². The van der Waals surface area contributed by atoms with E-state index >= 15 is 0 Å². The summed E-state index contributed by atoms with van der Waals surface area (Å²) < 4.78 is 10.4. The summed E-state index contributed by atoms with van der Waals surface area (Å²) in [5.41, 5.74) is 4.14. The Morgan fingerprint density at radius 1 is 1.06 bits per heavy atom. The van der Waals surface area contributed by atoms with Gasteiger partial charge in [-0.1, -0.05) is 38.1 Å². The first-order valence-corrected chi connectivity index (χ1v) is 10.5. The second-order valence-corrected chi connectivity index (χ2v) is 7.81. The van der Waals surface area contributed by atoms with Crippen LogP contribution in [-0.4, -0.2) is 37.5 Å². The van der Waals surface area contributed by atoms with Crippen molar-refractivity contribution in [2.75, 3.05) is 25.1 Å². The topological polar surface area (TPSA) is 93.7 Å². The molecular formula is C24H28N2O5. The minimum absolute atomic E-state index is 0.00736. The zero-order valence-electron chi connectivity index (χ0n) is 17.9. The highest BCUT2D eigenvalue weighted by Gasteiger charge is 2.15. The number of benzene rings is 2. The van der Waals surface area contributed by atoms with E-state index in [0.717, 1.165) is 16.8 Å². The molecule has 2 N–H and O–H groups in total. The van der Waals surface area contributed by atoms with Crippen LogP contribution in [-0.2, 0) is 32.0 Å². The van der Waals surface area contributed by atoms with Crippen molar-refractivity contribution in [3.05, 3.63) is 59.2 Å². The van der Waals surface area contributed by atoms with Gasteiger partial charge in [-0.25, -0.2) is 4.79 Å². The van der Waals surface area contributed by atoms with Crippen LogP contribution in [0.3, 0.4) is 0 Å². The maximum absolute atomic E-state index is 11.9. The third kappa shape index (κ3) is 6.84. The van der Waals surface area contributed by atoms with Crippen LogP contribution in [0.25, 0.3) is 0 Å². The number of carbonyl (C=O) groups excluding carboxylic acids is 3. The number of amides is 2. The van der Waals surface area contributed by atoms with Gasteiger partial charge in [-0.3, -0.25) is 9.59 Å². The monoisotopic (exact) mass is 424 g/mol. The molecule has 1 aliphatic heterocycles. The van der Waals surface area contributed by atoms with Crippen molar-refractivity contribution in [1.82, 2.24) is 5.32 Å². The van der Waals surface area contributed by atoms with Crippen molar-refractivity contribution in [2.45, 2.75) is 39.0 Å². The largest absolute Gasteiger partial charge is 0.482 e. The zero-order valence-corrected chi connectivity index (χ0v) is 17.9. The fraction of sp³-hybridized carbons (Fsp3) is 0.375. The average Bonchev–Trinajstić information content (AvgIpc) is 2.76. The molecule has 7 heteroatoms. The molecule has 0 radical (unpaired) electrons. The fourth-order valence-electron chi connectivity index (χ4n) is 3.25. The molecule has 31 heavy (non-hydrogen) atoms. The molecule has 1 heterocycles. The smallest absolute Gasteiger partial charge is 0.344 e. The Balaban J connectivity index is 1.33. The lowest BCUT2D eigenvalue weighted by atomic mass is 10.0. The third-order valence-electron chi connectivity index (χ3n) is 5.08. The summed E-state index contributed by atoms with van der Waals surface area (Å²) in [6, 6.07) is 13.5. The predicted molar refractivity (Wildman–Crippen MR) is 117 cm³/mol. The minimum Gasteiger partial charge on any atom is -0.482 e. The first-order valence-electron chi connectivity index (χ1n) is 10.5. The Kier molecular flexibility index (Phi) is 7.65. The van der Waals surface area contributed by atoms with Gasteiger partial charge in [0.1, 0.15) is 5.75 Å². The summed E-state index contributed by atoms with van der Waals surface area (Å²) in [7, 11) is 0. The molecule has 0 spiro atoms. The zero-order chi connectivity index (χ0) is 22.2. The van der Waals surface area contributed by atoms with Gasteiger partial charge in [-0.05, 0) is 53.6 Å². The lowest BCUT2D eigenvalue weighted by molar-refractivity contribution is -0.150. The minimum atomic E-state index is -0.620. The van der Waals surface area contributed by atoms with E-state index in [1.54, 1.807) is 18.2 Å². The van der Waals surface area contributed by atoms with Crippen LogP contribution in [0.2, 0.25) is 0 Å². The van der Waals surface area contributed by atoms with Crippen molar-refractivity contribution in [1.29, 1.82) is 0 Å². The van der Waals surface area contributed by atoms with E-state index in [1.165, 1.54) is 5.56 Å². The lowest BCUT2D eigenvalue weighted by Crippen LogP contribution is -2.31. The van der Waals surface area contributed by atoms with Gasteiger partial charge in [0, 0.05) is 18.7 Å². The third-order valence-corrected chi connectivity index (χ3v) is 5.08. The number of ether oxygens (including phenoxy) is 2. The molecule has 0 bridgehead atoms. The molecule has 3 rings (SSSR count). The number of fused-ring (bicyclic) bond motifs is 1. The van der Waals surface area contributed by atoms with Gasteiger partial charge >= 0.3 is 5.97 Å². The van der Waals surface area contributed by atoms with Crippen LogP contribution in [0.1, 0.15) is 42.9 Å². The molecule has 0 unspecified atom stereocenters. The summed E-state index contributed by atoms with van der Waals surface area (Å²) >= 11 is 0. The molecule has 2 aromatic carbocycles. The first kappa shape index (κ1) is 22.3. The second-order valence-electron chi connectivity index (χ2n) is 7.81. The van der Waals surface area contributed by atoms with Gasteiger partial charge in [-0.15, -0.1) is 0 Å². The number of hydrogen-bond donors (Lipinski definition) is 2. The maximum Gasteiger partial charge on any atom is 0.344 e. The van der Waals surface area contributed by atoms with E-state index in [2.05, 4.69) is 48.7 Å². The van der Waals surface area contributed by atoms with E-state index in [9.17, 15) is 14.4 Å². The standard InChI is InChI=1S/C24H28N2O5/c1-16(2)18-5-3-17(4-6-18)11-12-25-23(28)14-31-24(29)15-30-20-8-9-21-19(13-20)7-10-22(27)26-21/h3-6,8-9,13,16H,7,10-12,14-15H2,1-2H3,(H,25,28)(H,26,27). The van der Waals surface area contributed by atoms with E-state index in [1.807, 2.05) is 0 Å². The number of nitrogens with one attached hydrogen (secondary N) is 2. The summed E-state index contributed by atoms with van der Waals surface area (Å²) in [5.74, 6) is 0.0244. The SMILES string of the molecule is CC(C)c1ccc(CCNC(=O)COC(=O)COc2ccc3c(c2)CCC(=O)N3)cc1. The number of aryl methyl sites for hydroxylation is 1. The van der Waals surface area contributed by atoms with E-state index in [0.29, 0.717) is 37.5 Å². The van der Waals surface area contributed by atoms with Gasteiger partial charge < -0.3 is 20.1 Å². The maximum atomic E-state index is 11.9. The average molecular weight is 424 g/mol. The van der Waals surface area contributed by atoms with Gasteiger partial charge in [0.2, 0.25) is 5.91 Å². The van der Waals surface area contributed by atoms with Crippen LogP contribution >= 0.6 is 0 Å². The molecule has 0 saturated carbocycles. The van der Waals surface area contributed by atoms with Crippen LogP contribution in [0.4, 0.5) is 5.69 Å². The van der Waals surface area contributed by atoms with Crippen LogP contribution in [0.15, 0.2) is 42.5 Å². The molecule has 2 amide bonds. The van der Waals surface area contributed by atoms with Crippen molar-refractivity contribution in [2.24, 2.45) is 0 Å². The van der Waals surface area contributed by atoms with E-state index in [-0.39, 0.29) is 25.0 Å². The molecule has 1 aliphatic rings. The predicted octanol–water partition coefficient (Wildman–Crippen LogP) is 2.98. The summed E-state index contributed by atoms with van der Waals surface area (Å²) in [6.45, 7) is 4.13. The van der Waals surface area contributed by atoms with Crippen LogP contribution in [0.5, 0.6) is 5.75 Å². The highest BCUT2D eigenvalue weighted by atomic mass is 16.6. The van der Waals surface area contributed by atoms with Crippen LogP contribution in [0, 0.1) is 0 Å².